The number of hydrogen-bond acceptors (Lipinski definition) is 5. The van der Waals surface area contributed by atoms with Crippen LogP contribution in [0.25, 0.3) is 0 Å². The summed E-state index contributed by atoms with van der Waals surface area (Å²) in [6, 6.07) is 0. The molecule has 15 heavy (non-hydrogen) atoms. The summed E-state index contributed by atoms with van der Waals surface area (Å²) < 4.78 is 4.49. The van der Waals surface area contributed by atoms with E-state index < -0.39 is 17.5 Å². The normalized spacial score (nSPS) is 13.3. The van der Waals surface area contributed by atoms with Gasteiger partial charge in [-0.2, -0.15) is 0 Å². The summed E-state index contributed by atoms with van der Waals surface area (Å²) in [5, 5.41) is 9.77. The van der Waals surface area contributed by atoms with Crippen molar-refractivity contribution < 1.29 is 14.6 Å². The van der Waals surface area contributed by atoms with E-state index in [9.17, 15) is 9.90 Å². The van der Waals surface area contributed by atoms with Crippen LogP contribution in [0.3, 0.4) is 0 Å². The fourth-order valence-corrected chi connectivity index (χ4v) is 1.20. The second-order valence-electron chi connectivity index (χ2n) is 3.77. The van der Waals surface area contributed by atoms with Gasteiger partial charge in [0.25, 0.3) is 0 Å². The van der Waals surface area contributed by atoms with E-state index in [1.807, 2.05) is 0 Å². The quantitative estimate of drug-likeness (QED) is 0.726. The Morgan fingerprint density at radius 3 is 2.47 bits per heavy atom. The molecule has 1 rings (SSSR count). The molecule has 0 saturated heterocycles. The molecule has 0 aliphatic carbocycles. The first-order valence-corrected chi connectivity index (χ1v) is 4.51. The maximum absolute atomic E-state index is 11.2. The molecule has 0 saturated carbocycles. The number of aromatic nitrogens is 2. The average molecular weight is 210 g/mol. The molecule has 1 aromatic rings. The van der Waals surface area contributed by atoms with Gasteiger partial charge in [0.2, 0.25) is 0 Å². The van der Waals surface area contributed by atoms with Crippen LogP contribution >= 0.6 is 0 Å². The molecule has 0 amide bonds. The zero-order valence-electron chi connectivity index (χ0n) is 8.97. The minimum absolute atomic E-state index is 0.663. The highest BCUT2D eigenvalue weighted by Crippen LogP contribution is 2.26. The molecule has 0 aliphatic heterocycles. The van der Waals surface area contributed by atoms with Crippen molar-refractivity contribution in [2.24, 2.45) is 0 Å². The number of ether oxygens (including phenoxy) is 1. The number of nitrogens with zero attached hydrogens (tertiary/aromatic N) is 2. The van der Waals surface area contributed by atoms with Crippen molar-refractivity contribution in [3.63, 3.8) is 0 Å². The summed E-state index contributed by atoms with van der Waals surface area (Å²) in [5.74, 6) is -0.663. The van der Waals surface area contributed by atoms with Crippen LogP contribution in [0.5, 0.6) is 0 Å². The molecular weight excluding hydrogens is 196 g/mol. The van der Waals surface area contributed by atoms with Crippen molar-refractivity contribution in [1.82, 2.24) is 9.97 Å². The van der Waals surface area contributed by atoms with E-state index in [1.54, 1.807) is 26.2 Å². The van der Waals surface area contributed by atoms with Gasteiger partial charge in [0.05, 0.1) is 7.11 Å². The molecule has 0 aliphatic rings. The summed E-state index contributed by atoms with van der Waals surface area (Å²) in [6.07, 6.45) is 3.30. The predicted octanol–water partition coefficient (Wildman–Crippen LogP) is 0.288. The number of carbonyl (C=O) groups excluding carboxylic acids is 1. The van der Waals surface area contributed by atoms with Crippen LogP contribution in [0.2, 0.25) is 0 Å². The van der Waals surface area contributed by atoms with Gasteiger partial charge in [0.1, 0.15) is 6.33 Å². The number of hydrogen-bond donors (Lipinski definition) is 1. The lowest BCUT2D eigenvalue weighted by molar-refractivity contribution is -0.153. The molecule has 1 heterocycles. The summed E-state index contributed by atoms with van der Waals surface area (Å²) in [6.45, 7) is 3.46. The molecule has 1 unspecified atom stereocenters. The average Bonchev–Trinajstić information content (AvgIpc) is 2.28. The van der Waals surface area contributed by atoms with E-state index in [1.165, 1.54) is 13.4 Å². The van der Waals surface area contributed by atoms with Crippen molar-refractivity contribution >= 4 is 5.97 Å². The topological polar surface area (TPSA) is 72.3 Å². The molecule has 0 bridgehead atoms. The molecule has 1 aromatic heterocycles. The molecule has 82 valence electrons. The van der Waals surface area contributed by atoms with Crippen LogP contribution in [0, 0.1) is 0 Å². The monoisotopic (exact) mass is 210 g/mol. The van der Waals surface area contributed by atoms with E-state index in [0.29, 0.717) is 5.56 Å². The van der Waals surface area contributed by atoms with Crippen molar-refractivity contribution in [2.75, 3.05) is 7.11 Å². The van der Waals surface area contributed by atoms with E-state index in [4.69, 9.17) is 0 Å². The highest BCUT2D eigenvalue weighted by Gasteiger charge is 2.36. The Morgan fingerprint density at radius 1 is 1.47 bits per heavy atom. The highest BCUT2D eigenvalue weighted by atomic mass is 16.5. The van der Waals surface area contributed by atoms with Gasteiger partial charge in [0, 0.05) is 17.8 Å². The van der Waals surface area contributed by atoms with Crippen LogP contribution in [0.15, 0.2) is 18.7 Å². The second kappa shape index (κ2) is 4.35. The van der Waals surface area contributed by atoms with Crippen molar-refractivity contribution in [3.05, 3.63) is 24.3 Å². The molecule has 1 N–H and O–H groups in total. The molecule has 5 heteroatoms. The van der Waals surface area contributed by atoms with Gasteiger partial charge in [0.15, 0.2) is 6.10 Å². The first-order valence-electron chi connectivity index (χ1n) is 4.51. The summed E-state index contributed by atoms with van der Waals surface area (Å²) in [4.78, 5) is 18.9. The van der Waals surface area contributed by atoms with Crippen molar-refractivity contribution in [2.45, 2.75) is 25.4 Å². The number of esters is 1. The Hall–Kier alpha value is -1.49. The van der Waals surface area contributed by atoms with E-state index in [2.05, 4.69) is 14.7 Å². The third kappa shape index (κ3) is 2.30. The standard InChI is InChI=1S/C10H14N2O3/c1-10(2,8(13)9(14)15-3)7-4-11-6-12-5-7/h4-6,8,13H,1-3H3. The van der Waals surface area contributed by atoms with Gasteiger partial charge in [-0.3, -0.25) is 0 Å². The molecule has 0 fully saturated rings. The van der Waals surface area contributed by atoms with E-state index >= 15 is 0 Å². The van der Waals surface area contributed by atoms with Crippen LogP contribution in [0.1, 0.15) is 19.4 Å². The Morgan fingerprint density at radius 2 is 2.00 bits per heavy atom. The number of aliphatic hydroxyl groups is 1. The second-order valence-corrected chi connectivity index (χ2v) is 3.77. The molecular formula is C10H14N2O3. The minimum atomic E-state index is -1.23. The summed E-state index contributed by atoms with van der Waals surface area (Å²) in [7, 11) is 1.24. The molecule has 0 spiro atoms. The molecule has 0 aromatic carbocycles. The zero-order valence-corrected chi connectivity index (χ0v) is 8.97. The van der Waals surface area contributed by atoms with Crippen LogP contribution in [0.4, 0.5) is 0 Å². The third-order valence-corrected chi connectivity index (χ3v) is 2.41. The lowest BCUT2D eigenvalue weighted by Crippen LogP contribution is -2.40. The number of carbonyl (C=O) groups is 1. The highest BCUT2D eigenvalue weighted by molar-refractivity contribution is 5.76. The Balaban J connectivity index is 2.97. The number of methoxy groups -OCH3 is 1. The van der Waals surface area contributed by atoms with Gasteiger partial charge >= 0.3 is 5.97 Å². The van der Waals surface area contributed by atoms with Gasteiger partial charge in [-0.15, -0.1) is 0 Å². The largest absolute Gasteiger partial charge is 0.467 e. The molecule has 0 radical (unpaired) electrons. The maximum Gasteiger partial charge on any atom is 0.335 e. The van der Waals surface area contributed by atoms with Crippen LogP contribution < -0.4 is 0 Å². The minimum Gasteiger partial charge on any atom is -0.467 e. The fourth-order valence-electron chi connectivity index (χ4n) is 1.20. The third-order valence-electron chi connectivity index (χ3n) is 2.41. The van der Waals surface area contributed by atoms with Gasteiger partial charge in [-0.1, -0.05) is 13.8 Å². The summed E-state index contributed by atoms with van der Waals surface area (Å²) >= 11 is 0. The van der Waals surface area contributed by atoms with Gasteiger partial charge in [-0.25, -0.2) is 14.8 Å². The van der Waals surface area contributed by atoms with Gasteiger partial charge < -0.3 is 9.84 Å². The van der Waals surface area contributed by atoms with E-state index in [0.717, 1.165) is 0 Å². The maximum atomic E-state index is 11.2. The van der Waals surface area contributed by atoms with Gasteiger partial charge in [-0.05, 0) is 5.56 Å². The van der Waals surface area contributed by atoms with Crippen molar-refractivity contribution in [1.29, 1.82) is 0 Å². The SMILES string of the molecule is COC(=O)C(O)C(C)(C)c1cncnc1. The van der Waals surface area contributed by atoms with E-state index in [-0.39, 0.29) is 0 Å². The summed E-state index contributed by atoms with van der Waals surface area (Å²) in [5.41, 5.74) is -0.0862. The first kappa shape index (κ1) is 11.6. The van der Waals surface area contributed by atoms with Crippen LogP contribution in [-0.4, -0.2) is 34.3 Å². The Kier molecular flexibility index (Phi) is 3.36. The fraction of sp³-hybridized carbons (Fsp3) is 0.500. The molecule has 5 nitrogen and oxygen atoms in total. The zero-order chi connectivity index (χ0) is 11.5. The number of rotatable bonds is 3. The lowest BCUT2D eigenvalue weighted by atomic mass is 9.81. The predicted molar refractivity (Wildman–Crippen MR) is 53.1 cm³/mol. The molecule has 1 atom stereocenters. The first-order chi connectivity index (χ1) is 7.00. The Labute approximate surface area is 88.1 Å². The van der Waals surface area contributed by atoms with Crippen LogP contribution in [-0.2, 0) is 14.9 Å². The smallest absolute Gasteiger partial charge is 0.335 e. The lowest BCUT2D eigenvalue weighted by Gasteiger charge is -2.28. The van der Waals surface area contributed by atoms with Crippen molar-refractivity contribution in [3.8, 4) is 0 Å². The Bertz CT molecular complexity index is 338. The number of aliphatic hydroxyl groups excluding tert-OH is 1.